The summed E-state index contributed by atoms with van der Waals surface area (Å²) in [6.07, 6.45) is 0. The van der Waals surface area contributed by atoms with Gasteiger partial charge in [-0.25, -0.2) is 0 Å². The monoisotopic (exact) mass is 288 g/mol. The van der Waals surface area contributed by atoms with E-state index in [-0.39, 0.29) is 11.3 Å². The molecule has 2 aromatic rings. The molecule has 0 heterocycles. The summed E-state index contributed by atoms with van der Waals surface area (Å²) in [5, 5.41) is 29.6. The third-order valence-electron chi connectivity index (χ3n) is 2.94. The Morgan fingerprint density at radius 1 is 1.19 bits per heavy atom. The van der Waals surface area contributed by atoms with Crippen LogP contribution in [0.4, 0.5) is 11.4 Å². The van der Waals surface area contributed by atoms with Crippen molar-refractivity contribution in [3.05, 3.63) is 58.1 Å². The second-order valence-corrected chi connectivity index (χ2v) is 4.34. The van der Waals surface area contributed by atoms with Gasteiger partial charge in [0, 0.05) is 30.4 Å². The van der Waals surface area contributed by atoms with Crippen LogP contribution in [0.5, 0.6) is 11.5 Å². The molecule has 2 N–H and O–H groups in total. The zero-order valence-corrected chi connectivity index (χ0v) is 11.1. The molecule has 0 saturated heterocycles. The molecule has 0 spiro atoms. The van der Waals surface area contributed by atoms with Crippen molar-refractivity contribution in [2.45, 2.75) is 0 Å². The highest BCUT2D eigenvalue weighted by atomic mass is 16.6. The summed E-state index contributed by atoms with van der Waals surface area (Å²) in [7, 11) is 1.50. The Bertz CT molecular complexity index is 714. The summed E-state index contributed by atoms with van der Waals surface area (Å²) in [5.41, 5.74) is 0.0911. The van der Waals surface area contributed by atoms with Crippen LogP contribution in [0.15, 0.2) is 42.5 Å². The fraction of sp³-hybridized carbons (Fsp3) is 0.0714. The van der Waals surface area contributed by atoms with Crippen molar-refractivity contribution in [2.75, 3.05) is 11.9 Å². The van der Waals surface area contributed by atoms with Crippen molar-refractivity contribution in [2.24, 2.45) is 0 Å². The lowest BCUT2D eigenvalue weighted by Crippen LogP contribution is -2.26. The first-order chi connectivity index (χ1) is 9.90. The van der Waals surface area contributed by atoms with Crippen LogP contribution >= 0.6 is 0 Å². The largest absolute Gasteiger partial charge is 0.508 e. The van der Waals surface area contributed by atoms with E-state index < -0.39 is 22.3 Å². The van der Waals surface area contributed by atoms with Crippen molar-refractivity contribution in [3.63, 3.8) is 0 Å². The highest BCUT2D eigenvalue weighted by Gasteiger charge is 2.19. The van der Waals surface area contributed by atoms with Gasteiger partial charge in [0.1, 0.15) is 5.75 Å². The topological polar surface area (TPSA) is 104 Å². The number of aromatic hydroxyl groups is 2. The number of hydrogen-bond acceptors (Lipinski definition) is 5. The first-order valence-electron chi connectivity index (χ1n) is 5.94. The number of nitro groups is 1. The molecule has 7 nitrogen and oxygen atoms in total. The van der Waals surface area contributed by atoms with Gasteiger partial charge < -0.3 is 15.1 Å². The lowest BCUT2D eigenvalue weighted by atomic mass is 10.1. The maximum Gasteiger partial charge on any atom is 0.310 e. The summed E-state index contributed by atoms with van der Waals surface area (Å²) in [6, 6.07) is 9.46. The van der Waals surface area contributed by atoms with Gasteiger partial charge in [-0.15, -0.1) is 0 Å². The average Bonchev–Trinajstić information content (AvgIpc) is 2.45. The van der Waals surface area contributed by atoms with Gasteiger partial charge in [-0.1, -0.05) is 6.07 Å². The molecule has 7 heteroatoms. The Kier molecular flexibility index (Phi) is 3.75. The van der Waals surface area contributed by atoms with Gasteiger partial charge in [-0.05, 0) is 24.3 Å². The van der Waals surface area contributed by atoms with E-state index in [1.807, 2.05) is 0 Å². The molecule has 0 bridgehead atoms. The van der Waals surface area contributed by atoms with Crippen LogP contribution in [0.25, 0.3) is 0 Å². The van der Waals surface area contributed by atoms with Crippen LogP contribution < -0.4 is 4.90 Å². The highest BCUT2D eigenvalue weighted by molar-refractivity contribution is 6.06. The van der Waals surface area contributed by atoms with Crippen LogP contribution in [-0.2, 0) is 0 Å². The minimum Gasteiger partial charge on any atom is -0.508 e. The van der Waals surface area contributed by atoms with Gasteiger partial charge in [0.15, 0.2) is 5.75 Å². The number of anilines is 1. The van der Waals surface area contributed by atoms with E-state index in [0.29, 0.717) is 5.69 Å². The smallest absolute Gasteiger partial charge is 0.310 e. The minimum absolute atomic E-state index is 0.0127. The molecule has 0 aliphatic carbocycles. The number of phenolic OH excluding ortho intramolecular Hbond substituents is 2. The first kappa shape index (κ1) is 14.3. The van der Waals surface area contributed by atoms with E-state index in [1.165, 1.54) is 30.1 Å². The van der Waals surface area contributed by atoms with Crippen molar-refractivity contribution in [1.82, 2.24) is 0 Å². The number of nitro benzene ring substituents is 1. The van der Waals surface area contributed by atoms with Crippen LogP contribution in [0, 0.1) is 10.1 Å². The molecular weight excluding hydrogens is 276 g/mol. The predicted octanol–water partition coefficient (Wildman–Crippen LogP) is 2.28. The molecule has 108 valence electrons. The van der Waals surface area contributed by atoms with Crippen LogP contribution in [0.2, 0.25) is 0 Å². The Morgan fingerprint density at radius 3 is 2.48 bits per heavy atom. The van der Waals surface area contributed by atoms with Crippen molar-refractivity contribution < 1.29 is 19.9 Å². The zero-order chi connectivity index (χ0) is 15.6. The molecule has 21 heavy (non-hydrogen) atoms. The average molecular weight is 288 g/mol. The first-order valence-corrected chi connectivity index (χ1v) is 5.94. The van der Waals surface area contributed by atoms with Crippen LogP contribution in [-0.4, -0.2) is 28.1 Å². The fourth-order valence-corrected chi connectivity index (χ4v) is 1.82. The molecule has 0 aromatic heterocycles. The van der Waals surface area contributed by atoms with Gasteiger partial charge in [-0.2, -0.15) is 0 Å². The lowest BCUT2D eigenvalue weighted by Gasteiger charge is -2.17. The van der Waals surface area contributed by atoms with Gasteiger partial charge in [-0.3, -0.25) is 14.9 Å². The number of carbonyl (C=O) groups is 1. The molecule has 0 atom stereocenters. The predicted molar refractivity (Wildman–Crippen MR) is 75.6 cm³/mol. The molecule has 0 aliphatic heterocycles. The lowest BCUT2D eigenvalue weighted by molar-refractivity contribution is -0.385. The van der Waals surface area contributed by atoms with E-state index >= 15 is 0 Å². The number of benzene rings is 2. The molecule has 0 unspecified atom stereocenters. The van der Waals surface area contributed by atoms with E-state index in [2.05, 4.69) is 0 Å². The third-order valence-corrected chi connectivity index (χ3v) is 2.94. The fourth-order valence-electron chi connectivity index (χ4n) is 1.82. The highest BCUT2D eigenvalue weighted by Crippen LogP contribution is 2.27. The number of nitrogens with zero attached hydrogens (tertiary/aromatic N) is 2. The number of phenols is 2. The van der Waals surface area contributed by atoms with Crippen molar-refractivity contribution in [3.8, 4) is 11.5 Å². The quantitative estimate of drug-likeness (QED) is 0.666. The van der Waals surface area contributed by atoms with Crippen molar-refractivity contribution >= 4 is 17.3 Å². The van der Waals surface area contributed by atoms with Crippen LogP contribution in [0.3, 0.4) is 0 Å². The van der Waals surface area contributed by atoms with E-state index in [4.69, 9.17) is 0 Å². The van der Waals surface area contributed by atoms with Crippen molar-refractivity contribution in [1.29, 1.82) is 0 Å². The molecule has 0 radical (unpaired) electrons. The summed E-state index contributed by atoms with van der Waals surface area (Å²) in [5.74, 6) is -1.03. The zero-order valence-electron chi connectivity index (χ0n) is 11.1. The summed E-state index contributed by atoms with van der Waals surface area (Å²) >= 11 is 0. The second kappa shape index (κ2) is 5.49. The Hall–Kier alpha value is -3.09. The van der Waals surface area contributed by atoms with E-state index in [9.17, 15) is 25.1 Å². The Balaban J connectivity index is 2.32. The van der Waals surface area contributed by atoms with Gasteiger partial charge in [0.25, 0.3) is 5.91 Å². The number of rotatable bonds is 3. The summed E-state index contributed by atoms with van der Waals surface area (Å²) in [4.78, 5) is 23.4. The second-order valence-electron chi connectivity index (χ2n) is 4.34. The molecule has 0 fully saturated rings. The maximum atomic E-state index is 12.3. The Morgan fingerprint density at radius 2 is 1.90 bits per heavy atom. The maximum absolute atomic E-state index is 12.3. The summed E-state index contributed by atoms with van der Waals surface area (Å²) in [6.45, 7) is 0. The molecule has 1 amide bonds. The van der Waals surface area contributed by atoms with Crippen LogP contribution in [0.1, 0.15) is 10.4 Å². The molecule has 2 rings (SSSR count). The summed E-state index contributed by atoms with van der Waals surface area (Å²) < 4.78 is 0. The van der Waals surface area contributed by atoms with E-state index in [0.717, 1.165) is 12.1 Å². The Labute approximate surface area is 119 Å². The van der Waals surface area contributed by atoms with E-state index in [1.54, 1.807) is 12.1 Å². The third kappa shape index (κ3) is 2.92. The number of amides is 1. The SMILES string of the molecule is CN(C(=O)c1ccc([N+](=O)[O-])c(O)c1)c1cccc(O)c1. The molecule has 2 aromatic carbocycles. The van der Waals surface area contributed by atoms with Gasteiger partial charge in [0.2, 0.25) is 0 Å². The molecule has 0 aliphatic rings. The minimum atomic E-state index is -0.734. The standard InChI is InChI=1S/C14H12N2O5/c1-15(10-3-2-4-11(17)8-10)14(19)9-5-6-12(16(20)21)13(18)7-9/h2-8,17-18H,1H3. The number of hydrogen-bond donors (Lipinski definition) is 2. The molecular formula is C14H12N2O5. The normalized spacial score (nSPS) is 10.1. The molecule has 0 saturated carbocycles. The number of carbonyl (C=O) groups excluding carboxylic acids is 1. The van der Waals surface area contributed by atoms with Gasteiger partial charge in [0.05, 0.1) is 4.92 Å². The van der Waals surface area contributed by atoms with Gasteiger partial charge >= 0.3 is 5.69 Å².